The molecule has 2 rings (SSSR count). The van der Waals surface area contributed by atoms with E-state index in [4.69, 9.17) is 14.6 Å². The van der Waals surface area contributed by atoms with E-state index in [0.717, 1.165) is 51.4 Å². The third kappa shape index (κ3) is 7.33. The molecule has 2 saturated heterocycles. The van der Waals surface area contributed by atoms with E-state index in [1.54, 1.807) is 6.08 Å². The fraction of sp³-hybridized carbons (Fsp3) is 0.714. The van der Waals surface area contributed by atoms with Gasteiger partial charge >= 0.3 is 0 Å². The van der Waals surface area contributed by atoms with Gasteiger partial charge in [-0.1, -0.05) is 37.3 Å². The summed E-state index contributed by atoms with van der Waals surface area (Å²) in [6, 6.07) is 0. The van der Waals surface area contributed by atoms with Crippen molar-refractivity contribution in [3.8, 4) is 0 Å². The van der Waals surface area contributed by atoms with Crippen molar-refractivity contribution < 1.29 is 14.6 Å². The van der Waals surface area contributed by atoms with Crippen LogP contribution in [-0.2, 0) is 9.47 Å². The molecule has 0 radical (unpaired) electrons. The summed E-state index contributed by atoms with van der Waals surface area (Å²) in [4.78, 5) is 0. The number of hydrogen-bond acceptors (Lipinski definition) is 3. The first-order valence-electron chi connectivity index (χ1n) is 9.62. The Morgan fingerprint density at radius 3 is 2.17 bits per heavy atom. The van der Waals surface area contributed by atoms with Crippen molar-refractivity contribution >= 4 is 0 Å². The van der Waals surface area contributed by atoms with E-state index >= 15 is 0 Å². The highest BCUT2D eigenvalue weighted by atomic mass is 16.6. The molecule has 2 fully saturated rings. The van der Waals surface area contributed by atoms with Crippen LogP contribution < -0.4 is 0 Å². The van der Waals surface area contributed by atoms with Gasteiger partial charge in [0.15, 0.2) is 0 Å². The molecule has 2 heterocycles. The van der Waals surface area contributed by atoms with Crippen molar-refractivity contribution in [2.24, 2.45) is 5.92 Å². The standard InChI is InChI=1S/C21H34O3/c1-3-17(11-7-5-8-12-19-18(4-2)23-19)14-15-21-20(24-21)13-9-6-10-16-22/h3,5-7,10,17-22H,1,4,8-9,11-16H2,2H3/b7-5-,10-6+. The number of aliphatic hydroxyl groups is 1. The maximum absolute atomic E-state index is 8.69. The summed E-state index contributed by atoms with van der Waals surface area (Å²) in [7, 11) is 0. The molecule has 0 spiro atoms. The number of aliphatic hydroxyl groups excluding tert-OH is 1. The Hall–Kier alpha value is -0.900. The zero-order valence-electron chi connectivity index (χ0n) is 15.1. The largest absolute Gasteiger partial charge is 0.392 e. The van der Waals surface area contributed by atoms with E-state index in [0.29, 0.717) is 30.3 Å². The van der Waals surface area contributed by atoms with E-state index < -0.39 is 0 Å². The zero-order valence-corrected chi connectivity index (χ0v) is 15.1. The minimum absolute atomic E-state index is 0.135. The molecule has 24 heavy (non-hydrogen) atoms. The number of hydrogen-bond donors (Lipinski definition) is 1. The van der Waals surface area contributed by atoms with Crippen molar-refractivity contribution in [2.75, 3.05) is 6.61 Å². The molecule has 136 valence electrons. The highest BCUT2D eigenvalue weighted by molar-refractivity contribution is 4.94. The van der Waals surface area contributed by atoms with Gasteiger partial charge in [-0.15, -0.1) is 6.58 Å². The van der Waals surface area contributed by atoms with Crippen molar-refractivity contribution in [1.29, 1.82) is 0 Å². The van der Waals surface area contributed by atoms with Gasteiger partial charge in [0.1, 0.15) is 0 Å². The van der Waals surface area contributed by atoms with Gasteiger partial charge in [-0.05, 0) is 57.3 Å². The average molecular weight is 335 g/mol. The summed E-state index contributed by atoms with van der Waals surface area (Å²) in [5.74, 6) is 0.556. The molecular formula is C21H34O3. The molecule has 0 aromatic heterocycles. The maximum Gasteiger partial charge on any atom is 0.0844 e. The van der Waals surface area contributed by atoms with E-state index in [9.17, 15) is 0 Å². The Kier molecular flexibility index (Phi) is 8.79. The lowest BCUT2D eigenvalue weighted by molar-refractivity contribution is 0.341. The molecule has 3 nitrogen and oxygen atoms in total. The highest BCUT2D eigenvalue weighted by Crippen LogP contribution is 2.32. The number of allylic oxidation sites excluding steroid dienone is 4. The zero-order chi connectivity index (χ0) is 17.2. The normalized spacial score (nSPS) is 30.1. The minimum Gasteiger partial charge on any atom is -0.392 e. The van der Waals surface area contributed by atoms with Gasteiger partial charge in [0.25, 0.3) is 0 Å². The topological polar surface area (TPSA) is 45.3 Å². The SMILES string of the molecule is C=CC(C/C=C\CCC1OC1CC)CCC1OC1CC/C=C/CO. The van der Waals surface area contributed by atoms with Crippen LogP contribution >= 0.6 is 0 Å². The Balaban J connectivity index is 1.48. The summed E-state index contributed by atoms with van der Waals surface area (Å²) in [6.45, 7) is 6.30. The molecule has 0 amide bonds. The van der Waals surface area contributed by atoms with E-state index in [1.807, 2.05) is 6.08 Å². The van der Waals surface area contributed by atoms with Crippen LogP contribution in [0, 0.1) is 5.92 Å². The van der Waals surface area contributed by atoms with Crippen LogP contribution in [0.5, 0.6) is 0 Å². The van der Waals surface area contributed by atoms with Gasteiger partial charge in [0.05, 0.1) is 31.0 Å². The quantitative estimate of drug-likeness (QED) is 0.374. The lowest BCUT2D eigenvalue weighted by atomic mass is 9.97. The molecule has 5 unspecified atom stereocenters. The lowest BCUT2D eigenvalue weighted by Crippen LogP contribution is -2.00. The fourth-order valence-electron chi connectivity index (χ4n) is 3.29. The Morgan fingerprint density at radius 1 is 0.917 bits per heavy atom. The molecule has 0 aliphatic carbocycles. The predicted octanol–water partition coefficient (Wildman–Crippen LogP) is 4.57. The Bertz CT molecular complexity index is 415. The molecule has 0 saturated carbocycles. The molecule has 2 aliphatic rings. The van der Waals surface area contributed by atoms with Crippen molar-refractivity contribution in [1.82, 2.24) is 0 Å². The fourth-order valence-corrected chi connectivity index (χ4v) is 3.29. The van der Waals surface area contributed by atoms with Crippen molar-refractivity contribution in [3.63, 3.8) is 0 Å². The van der Waals surface area contributed by atoms with Crippen molar-refractivity contribution in [2.45, 2.75) is 82.7 Å². The van der Waals surface area contributed by atoms with Gasteiger partial charge in [-0.2, -0.15) is 0 Å². The smallest absolute Gasteiger partial charge is 0.0844 e. The van der Waals surface area contributed by atoms with Gasteiger partial charge in [0.2, 0.25) is 0 Å². The third-order valence-electron chi connectivity index (χ3n) is 5.05. The molecular weight excluding hydrogens is 300 g/mol. The molecule has 5 atom stereocenters. The molecule has 2 aliphatic heterocycles. The summed E-state index contributed by atoms with van der Waals surface area (Å²) >= 11 is 0. The first kappa shape index (κ1) is 19.4. The molecule has 3 heteroatoms. The number of rotatable bonds is 14. The van der Waals surface area contributed by atoms with Crippen LogP contribution in [0.25, 0.3) is 0 Å². The Morgan fingerprint density at radius 2 is 1.54 bits per heavy atom. The maximum atomic E-state index is 8.69. The van der Waals surface area contributed by atoms with Crippen molar-refractivity contribution in [3.05, 3.63) is 37.0 Å². The second-order valence-electron chi connectivity index (χ2n) is 6.92. The minimum atomic E-state index is 0.135. The number of ether oxygens (including phenoxy) is 2. The lowest BCUT2D eigenvalue weighted by Gasteiger charge is -2.08. The van der Waals surface area contributed by atoms with E-state index in [-0.39, 0.29) is 6.61 Å². The van der Waals surface area contributed by atoms with E-state index in [2.05, 4.69) is 31.7 Å². The molecule has 0 bridgehead atoms. The van der Waals surface area contributed by atoms with Crippen LogP contribution in [0.4, 0.5) is 0 Å². The van der Waals surface area contributed by atoms with Crippen LogP contribution in [0.3, 0.4) is 0 Å². The molecule has 0 aromatic rings. The van der Waals surface area contributed by atoms with Crippen LogP contribution in [-0.4, -0.2) is 36.1 Å². The summed E-state index contributed by atoms with van der Waals surface area (Å²) in [5.41, 5.74) is 0. The van der Waals surface area contributed by atoms with Gasteiger partial charge in [-0.3, -0.25) is 0 Å². The first-order valence-corrected chi connectivity index (χ1v) is 9.62. The third-order valence-corrected chi connectivity index (χ3v) is 5.05. The van der Waals surface area contributed by atoms with Crippen LogP contribution in [0.1, 0.15) is 58.3 Å². The molecule has 0 aromatic carbocycles. The van der Waals surface area contributed by atoms with Crippen LogP contribution in [0.15, 0.2) is 37.0 Å². The molecule has 1 N–H and O–H groups in total. The monoisotopic (exact) mass is 334 g/mol. The summed E-state index contributed by atoms with van der Waals surface area (Å²) in [5, 5.41) is 8.69. The van der Waals surface area contributed by atoms with Crippen LogP contribution in [0.2, 0.25) is 0 Å². The van der Waals surface area contributed by atoms with E-state index in [1.165, 1.54) is 0 Å². The second kappa shape index (κ2) is 10.9. The van der Waals surface area contributed by atoms with Gasteiger partial charge in [0, 0.05) is 0 Å². The Labute approximate surface area is 147 Å². The average Bonchev–Trinajstić information content (AvgIpc) is 3.50. The summed E-state index contributed by atoms with van der Waals surface area (Å²) in [6.07, 6.45) is 21.3. The number of epoxide rings is 2. The predicted molar refractivity (Wildman–Crippen MR) is 99.0 cm³/mol. The van der Waals surface area contributed by atoms with Gasteiger partial charge in [-0.25, -0.2) is 0 Å². The van der Waals surface area contributed by atoms with Gasteiger partial charge < -0.3 is 14.6 Å². The second-order valence-corrected chi connectivity index (χ2v) is 6.92. The summed E-state index contributed by atoms with van der Waals surface area (Å²) < 4.78 is 11.3. The highest BCUT2D eigenvalue weighted by Gasteiger charge is 2.37. The first-order chi connectivity index (χ1) is 11.8.